The van der Waals surface area contributed by atoms with Crippen molar-refractivity contribution >= 4 is 5.78 Å². The van der Waals surface area contributed by atoms with E-state index in [0.29, 0.717) is 18.2 Å². The predicted molar refractivity (Wildman–Crippen MR) is 79.1 cm³/mol. The molecule has 1 heterocycles. The largest absolute Gasteiger partial charge is 0.339 e. The summed E-state index contributed by atoms with van der Waals surface area (Å²) >= 11 is 0. The van der Waals surface area contributed by atoms with Gasteiger partial charge in [0, 0.05) is 12.3 Å². The third-order valence-corrected chi connectivity index (χ3v) is 3.88. The molecule has 0 amide bonds. The van der Waals surface area contributed by atoms with E-state index < -0.39 is 0 Å². The number of aromatic nitrogens is 2. The first-order chi connectivity index (χ1) is 10.1. The lowest BCUT2D eigenvalue weighted by Crippen LogP contribution is -2.07. The molecule has 3 rings (SSSR count). The van der Waals surface area contributed by atoms with Crippen molar-refractivity contribution in [3.8, 4) is 0 Å². The number of benzene rings is 1. The van der Waals surface area contributed by atoms with Crippen LogP contribution in [0.2, 0.25) is 0 Å². The molecule has 4 nitrogen and oxygen atoms in total. The molecule has 0 aliphatic heterocycles. The number of Topliss-reactive ketones (excluding diaryl/α,β-unsaturated/α-hetero) is 1. The van der Waals surface area contributed by atoms with Crippen molar-refractivity contribution in [3.05, 3.63) is 47.1 Å². The van der Waals surface area contributed by atoms with Gasteiger partial charge in [0.15, 0.2) is 5.82 Å². The summed E-state index contributed by atoms with van der Waals surface area (Å²) in [6, 6.07) is 8.44. The van der Waals surface area contributed by atoms with Crippen molar-refractivity contribution < 1.29 is 9.32 Å². The fraction of sp³-hybridized carbons (Fsp3) is 0.471. The molecule has 21 heavy (non-hydrogen) atoms. The second-order valence-corrected chi connectivity index (χ2v) is 6.23. The summed E-state index contributed by atoms with van der Waals surface area (Å²) in [6.45, 7) is 4.07. The molecular formula is C17H20N2O2. The van der Waals surface area contributed by atoms with Gasteiger partial charge >= 0.3 is 0 Å². The van der Waals surface area contributed by atoms with Gasteiger partial charge in [0.05, 0.1) is 6.42 Å². The molecule has 0 bridgehead atoms. The Balaban J connectivity index is 1.65. The van der Waals surface area contributed by atoms with E-state index in [2.05, 4.69) is 34.4 Å². The first-order valence-corrected chi connectivity index (χ1v) is 7.52. The van der Waals surface area contributed by atoms with Crippen molar-refractivity contribution in [1.82, 2.24) is 10.1 Å². The molecule has 0 spiro atoms. The van der Waals surface area contributed by atoms with Crippen molar-refractivity contribution in [2.75, 3.05) is 0 Å². The van der Waals surface area contributed by atoms with E-state index in [4.69, 9.17) is 4.52 Å². The number of hydrogen-bond donors (Lipinski definition) is 0. The van der Waals surface area contributed by atoms with Crippen molar-refractivity contribution in [3.63, 3.8) is 0 Å². The fourth-order valence-corrected chi connectivity index (χ4v) is 2.94. The van der Waals surface area contributed by atoms with Gasteiger partial charge in [-0.05, 0) is 29.9 Å². The zero-order chi connectivity index (χ0) is 14.8. The summed E-state index contributed by atoms with van der Waals surface area (Å²) < 4.78 is 5.25. The van der Waals surface area contributed by atoms with Crippen LogP contribution in [0.5, 0.6) is 0 Å². The van der Waals surface area contributed by atoms with Gasteiger partial charge in [-0.15, -0.1) is 0 Å². The number of fused-ring (bicyclic) bond motifs is 1. The number of ketones is 1. The highest BCUT2D eigenvalue weighted by atomic mass is 16.5. The Morgan fingerprint density at radius 3 is 2.57 bits per heavy atom. The standard InChI is InChI=1S/C17H20N2O2/c1-11(2)7-15(20)10-16-18-17(19-21-16)14-8-12-5-3-4-6-13(12)9-14/h3-6,11,14H,7-10H2,1-2H3. The van der Waals surface area contributed by atoms with Crippen LogP contribution in [0.15, 0.2) is 28.8 Å². The molecule has 1 aliphatic carbocycles. The monoisotopic (exact) mass is 284 g/mol. The third kappa shape index (κ3) is 3.20. The molecule has 1 aromatic heterocycles. The number of carbonyl (C=O) groups excluding carboxylic acids is 1. The summed E-state index contributed by atoms with van der Waals surface area (Å²) in [7, 11) is 0. The van der Waals surface area contributed by atoms with E-state index in [9.17, 15) is 4.79 Å². The molecule has 4 heteroatoms. The fourth-order valence-electron chi connectivity index (χ4n) is 2.94. The van der Waals surface area contributed by atoms with Crippen molar-refractivity contribution in [2.24, 2.45) is 5.92 Å². The summed E-state index contributed by atoms with van der Waals surface area (Å²) in [6.07, 6.45) is 2.72. The zero-order valence-electron chi connectivity index (χ0n) is 12.5. The van der Waals surface area contributed by atoms with Crippen LogP contribution in [0.1, 0.15) is 49.0 Å². The highest BCUT2D eigenvalue weighted by Gasteiger charge is 2.26. The Kier molecular flexibility index (Phi) is 3.86. The molecule has 1 aromatic carbocycles. The average molecular weight is 284 g/mol. The summed E-state index contributed by atoms with van der Waals surface area (Å²) in [4.78, 5) is 16.2. The Morgan fingerprint density at radius 2 is 1.95 bits per heavy atom. The minimum absolute atomic E-state index is 0.162. The third-order valence-electron chi connectivity index (χ3n) is 3.88. The van der Waals surface area contributed by atoms with Crippen LogP contribution in [-0.4, -0.2) is 15.9 Å². The summed E-state index contributed by atoms with van der Waals surface area (Å²) in [5.74, 6) is 1.99. The number of hydrogen-bond acceptors (Lipinski definition) is 4. The Hall–Kier alpha value is -1.97. The normalized spacial score (nSPS) is 14.6. The molecule has 0 fully saturated rings. The van der Waals surface area contributed by atoms with Gasteiger partial charge in [-0.3, -0.25) is 4.79 Å². The van der Waals surface area contributed by atoms with E-state index >= 15 is 0 Å². The lowest BCUT2D eigenvalue weighted by molar-refractivity contribution is -0.119. The zero-order valence-corrected chi connectivity index (χ0v) is 12.5. The molecule has 0 atom stereocenters. The van der Waals surface area contributed by atoms with Crippen LogP contribution in [0.4, 0.5) is 0 Å². The van der Waals surface area contributed by atoms with Gasteiger partial charge in [0.25, 0.3) is 0 Å². The van der Waals surface area contributed by atoms with Crippen LogP contribution in [0.3, 0.4) is 0 Å². The number of nitrogens with zero attached hydrogens (tertiary/aromatic N) is 2. The van der Waals surface area contributed by atoms with E-state index in [1.165, 1.54) is 11.1 Å². The minimum Gasteiger partial charge on any atom is -0.339 e. The highest BCUT2D eigenvalue weighted by Crippen LogP contribution is 2.32. The van der Waals surface area contributed by atoms with E-state index in [1.54, 1.807) is 0 Å². The van der Waals surface area contributed by atoms with E-state index in [1.807, 2.05) is 13.8 Å². The molecule has 0 N–H and O–H groups in total. The van der Waals surface area contributed by atoms with Gasteiger partial charge in [-0.1, -0.05) is 43.3 Å². The molecule has 0 saturated heterocycles. The summed E-state index contributed by atoms with van der Waals surface area (Å²) in [5, 5.41) is 4.08. The van der Waals surface area contributed by atoms with Crippen LogP contribution in [0, 0.1) is 5.92 Å². The van der Waals surface area contributed by atoms with Gasteiger partial charge in [-0.2, -0.15) is 4.98 Å². The second-order valence-electron chi connectivity index (χ2n) is 6.23. The maximum Gasteiger partial charge on any atom is 0.234 e. The lowest BCUT2D eigenvalue weighted by Gasteiger charge is -2.01. The molecular weight excluding hydrogens is 264 g/mol. The molecule has 110 valence electrons. The van der Waals surface area contributed by atoms with Gasteiger partial charge in [-0.25, -0.2) is 0 Å². The Bertz CT molecular complexity index is 621. The van der Waals surface area contributed by atoms with E-state index in [-0.39, 0.29) is 18.1 Å². The van der Waals surface area contributed by atoms with Crippen LogP contribution < -0.4 is 0 Å². The smallest absolute Gasteiger partial charge is 0.234 e. The average Bonchev–Trinajstić information content (AvgIpc) is 3.03. The molecule has 1 aliphatic rings. The lowest BCUT2D eigenvalue weighted by atomic mass is 10.0. The van der Waals surface area contributed by atoms with Gasteiger partial charge in [0.2, 0.25) is 5.89 Å². The first kappa shape index (κ1) is 14.0. The predicted octanol–water partition coefficient (Wildman–Crippen LogP) is 3.11. The molecule has 2 aromatic rings. The highest BCUT2D eigenvalue weighted by molar-refractivity contribution is 5.80. The number of carbonyl (C=O) groups is 1. The molecule has 0 radical (unpaired) electrons. The van der Waals surface area contributed by atoms with Crippen LogP contribution in [-0.2, 0) is 24.1 Å². The Labute approximate surface area is 124 Å². The Morgan fingerprint density at radius 1 is 1.29 bits per heavy atom. The number of rotatable bonds is 5. The first-order valence-electron chi connectivity index (χ1n) is 7.52. The molecule has 0 saturated carbocycles. The maximum atomic E-state index is 11.8. The SMILES string of the molecule is CC(C)CC(=O)Cc1nc(C2Cc3ccccc3C2)no1. The quantitative estimate of drug-likeness (QED) is 0.846. The van der Waals surface area contributed by atoms with Crippen molar-refractivity contribution in [1.29, 1.82) is 0 Å². The van der Waals surface area contributed by atoms with Gasteiger partial charge < -0.3 is 4.52 Å². The maximum absolute atomic E-state index is 11.8. The second kappa shape index (κ2) is 5.80. The van der Waals surface area contributed by atoms with Gasteiger partial charge in [0.1, 0.15) is 5.78 Å². The van der Waals surface area contributed by atoms with E-state index in [0.717, 1.165) is 18.7 Å². The van der Waals surface area contributed by atoms with Crippen LogP contribution in [0.25, 0.3) is 0 Å². The minimum atomic E-state index is 0.162. The topological polar surface area (TPSA) is 56.0 Å². The van der Waals surface area contributed by atoms with Crippen LogP contribution >= 0.6 is 0 Å². The van der Waals surface area contributed by atoms with Crippen molar-refractivity contribution in [2.45, 2.75) is 45.4 Å². The molecule has 0 unspecified atom stereocenters. The summed E-state index contributed by atoms with van der Waals surface area (Å²) in [5.41, 5.74) is 2.73.